The number of nitriles is 1. The van der Waals surface area contributed by atoms with Crippen molar-refractivity contribution in [3.8, 4) is 6.07 Å². The Kier molecular flexibility index (Phi) is 6.02. The number of carbonyl (C=O) groups excluding carboxylic acids is 1. The molecule has 0 aromatic heterocycles. The molecule has 0 bridgehead atoms. The Morgan fingerprint density at radius 3 is 2.48 bits per heavy atom. The normalized spacial score (nSPS) is 13.3. The van der Waals surface area contributed by atoms with E-state index in [1.54, 1.807) is 12.1 Å². The van der Waals surface area contributed by atoms with Gasteiger partial charge in [0.25, 0.3) is 0 Å². The maximum atomic E-state index is 13.3. The van der Waals surface area contributed by atoms with Crippen LogP contribution < -0.4 is 0 Å². The van der Waals surface area contributed by atoms with Crippen molar-refractivity contribution in [1.82, 2.24) is 4.90 Å². The molecule has 0 heterocycles. The van der Waals surface area contributed by atoms with E-state index in [0.29, 0.717) is 35.8 Å². The van der Waals surface area contributed by atoms with E-state index in [1.165, 1.54) is 30.3 Å². The van der Waals surface area contributed by atoms with Gasteiger partial charge in [0.1, 0.15) is 17.7 Å². The van der Waals surface area contributed by atoms with Crippen molar-refractivity contribution in [3.63, 3.8) is 0 Å². The molecule has 0 radical (unpaired) electrons. The van der Waals surface area contributed by atoms with Crippen molar-refractivity contribution in [2.24, 2.45) is 0 Å². The van der Waals surface area contributed by atoms with Crippen LogP contribution in [0.5, 0.6) is 0 Å². The topological polar surface area (TPSA) is 64.3 Å². The van der Waals surface area contributed by atoms with Gasteiger partial charge in [0.15, 0.2) is 0 Å². The lowest BCUT2D eigenvalue weighted by atomic mass is 9.80. The van der Waals surface area contributed by atoms with E-state index < -0.39 is 11.4 Å². The smallest absolute Gasteiger partial charge is 0.150 e. The van der Waals surface area contributed by atoms with Crippen LogP contribution in [0.2, 0.25) is 0 Å². The van der Waals surface area contributed by atoms with Crippen molar-refractivity contribution in [3.05, 3.63) is 70.5 Å². The second-order valence-corrected chi connectivity index (χ2v) is 6.31. The first-order valence-electron chi connectivity index (χ1n) is 8.03. The Morgan fingerprint density at radius 2 is 1.92 bits per heavy atom. The molecule has 2 rings (SSSR count). The van der Waals surface area contributed by atoms with Gasteiger partial charge in [-0.2, -0.15) is 5.26 Å². The highest BCUT2D eigenvalue weighted by atomic mass is 19.1. The molecule has 25 heavy (non-hydrogen) atoms. The fourth-order valence-corrected chi connectivity index (χ4v) is 2.92. The standard InChI is InChI=1S/C20H21FN2O2/c1-23(2)11-3-10-20(25,17-5-7-18(21)8-6-17)19-9-4-15(13-22)12-16(19)14-24/h4-9,12,14,25H,3,10-11H2,1-2H3. The lowest BCUT2D eigenvalue weighted by molar-refractivity contribution is 0.0651. The molecule has 0 aliphatic rings. The molecule has 1 atom stereocenters. The molecule has 1 unspecified atom stereocenters. The zero-order valence-corrected chi connectivity index (χ0v) is 14.4. The largest absolute Gasteiger partial charge is 0.380 e. The van der Waals surface area contributed by atoms with Crippen LogP contribution in [0.4, 0.5) is 4.39 Å². The molecule has 130 valence electrons. The lowest BCUT2D eigenvalue weighted by Gasteiger charge is -2.31. The Labute approximate surface area is 147 Å². The second kappa shape index (κ2) is 8.02. The van der Waals surface area contributed by atoms with Gasteiger partial charge in [0.2, 0.25) is 0 Å². The van der Waals surface area contributed by atoms with Crippen LogP contribution in [0.15, 0.2) is 42.5 Å². The molecule has 1 N–H and O–H groups in total. The summed E-state index contributed by atoms with van der Waals surface area (Å²) >= 11 is 0. The van der Waals surface area contributed by atoms with Gasteiger partial charge in [0, 0.05) is 5.56 Å². The third-order valence-electron chi connectivity index (χ3n) is 4.22. The fraction of sp³-hybridized carbons (Fsp3) is 0.300. The van der Waals surface area contributed by atoms with E-state index in [2.05, 4.69) is 0 Å². The summed E-state index contributed by atoms with van der Waals surface area (Å²) in [7, 11) is 3.88. The number of benzene rings is 2. The molecule has 0 saturated heterocycles. The summed E-state index contributed by atoms with van der Waals surface area (Å²) in [6, 6.07) is 12.2. The summed E-state index contributed by atoms with van der Waals surface area (Å²) in [5.41, 5.74) is 0.108. The molecule has 0 saturated carbocycles. The number of halogens is 1. The maximum Gasteiger partial charge on any atom is 0.150 e. The highest BCUT2D eigenvalue weighted by Gasteiger charge is 2.33. The predicted octanol–water partition coefficient (Wildman–Crippen LogP) is 3.09. The molecule has 2 aromatic rings. The third kappa shape index (κ3) is 4.30. The van der Waals surface area contributed by atoms with Crippen LogP contribution >= 0.6 is 0 Å². The van der Waals surface area contributed by atoms with Crippen LogP contribution in [0, 0.1) is 17.1 Å². The molecule has 2 aromatic carbocycles. The van der Waals surface area contributed by atoms with Gasteiger partial charge in [-0.25, -0.2) is 4.39 Å². The first-order valence-corrected chi connectivity index (χ1v) is 8.03. The number of hydrogen-bond acceptors (Lipinski definition) is 4. The number of hydrogen-bond donors (Lipinski definition) is 1. The van der Waals surface area contributed by atoms with Crippen molar-refractivity contribution in [2.75, 3.05) is 20.6 Å². The summed E-state index contributed by atoms with van der Waals surface area (Å²) in [6.07, 6.45) is 1.68. The zero-order valence-electron chi connectivity index (χ0n) is 14.4. The molecule has 0 fully saturated rings. The van der Waals surface area contributed by atoms with Gasteiger partial charge in [0.05, 0.1) is 11.6 Å². The van der Waals surface area contributed by atoms with E-state index in [4.69, 9.17) is 5.26 Å². The van der Waals surface area contributed by atoms with Crippen LogP contribution in [0.25, 0.3) is 0 Å². The molecule has 0 aliphatic heterocycles. The predicted molar refractivity (Wildman–Crippen MR) is 93.7 cm³/mol. The van der Waals surface area contributed by atoms with E-state index in [9.17, 15) is 14.3 Å². The Bertz CT molecular complexity index is 781. The quantitative estimate of drug-likeness (QED) is 0.787. The van der Waals surface area contributed by atoms with Crippen molar-refractivity contribution in [1.29, 1.82) is 5.26 Å². The first kappa shape index (κ1) is 18.8. The molecule has 0 spiro atoms. The molecule has 4 nitrogen and oxygen atoms in total. The molecule has 0 aliphatic carbocycles. The van der Waals surface area contributed by atoms with E-state index in [0.717, 1.165) is 6.54 Å². The minimum atomic E-state index is -1.44. The zero-order chi connectivity index (χ0) is 18.4. The van der Waals surface area contributed by atoms with Crippen LogP contribution in [-0.2, 0) is 5.60 Å². The number of aldehydes is 1. The van der Waals surface area contributed by atoms with Crippen molar-refractivity contribution < 1.29 is 14.3 Å². The maximum absolute atomic E-state index is 13.3. The van der Waals surface area contributed by atoms with E-state index in [-0.39, 0.29) is 5.56 Å². The second-order valence-electron chi connectivity index (χ2n) is 6.31. The number of rotatable bonds is 7. The number of carbonyl (C=O) groups is 1. The number of aliphatic hydroxyl groups is 1. The van der Waals surface area contributed by atoms with Crippen LogP contribution in [0.1, 0.15) is 39.9 Å². The van der Waals surface area contributed by atoms with Gasteiger partial charge in [-0.15, -0.1) is 0 Å². The van der Waals surface area contributed by atoms with Crippen molar-refractivity contribution >= 4 is 6.29 Å². The monoisotopic (exact) mass is 340 g/mol. The number of nitrogens with zero attached hydrogens (tertiary/aromatic N) is 2. The minimum absolute atomic E-state index is 0.260. The summed E-state index contributed by atoms with van der Waals surface area (Å²) in [4.78, 5) is 13.5. The van der Waals surface area contributed by atoms with Gasteiger partial charge < -0.3 is 10.0 Å². The average Bonchev–Trinajstić information content (AvgIpc) is 2.61. The SMILES string of the molecule is CN(C)CCCC(O)(c1ccc(F)cc1)c1ccc(C#N)cc1C=O. The van der Waals surface area contributed by atoms with Gasteiger partial charge in [-0.3, -0.25) is 4.79 Å². The summed E-state index contributed by atoms with van der Waals surface area (Å²) in [6.45, 7) is 0.760. The van der Waals surface area contributed by atoms with Gasteiger partial charge in [-0.05, 0) is 68.9 Å². The summed E-state index contributed by atoms with van der Waals surface area (Å²) in [5, 5.41) is 20.5. The minimum Gasteiger partial charge on any atom is -0.380 e. The van der Waals surface area contributed by atoms with Crippen molar-refractivity contribution in [2.45, 2.75) is 18.4 Å². The van der Waals surface area contributed by atoms with Gasteiger partial charge in [-0.1, -0.05) is 18.2 Å². The van der Waals surface area contributed by atoms with Crippen LogP contribution in [0.3, 0.4) is 0 Å². The molecular weight excluding hydrogens is 319 g/mol. The molecular formula is C20H21FN2O2. The highest BCUT2D eigenvalue weighted by Crippen LogP contribution is 2.36. The van der Waals surface area contributed by atoms with Crippen LogP contribution in [-0.4, -0.2) is 36.9 Å². The first-order chi connectivity index (χ1) is 11.9. The molecule has 0 amide bonds. The Balaban J connectivity index is 2.52. The average molecular weight is 340 g/mol. The lowest BCUT2D eigenvalue weighted by Crippen LogP contribution is -2.30. The summed E-state index contributed by atoms with van der Waals surface area (Å²) in [5.74, 6) is -0.394. The van der Waals surface area contributed by atoms with Gasteiger partial charge >= 0.3 is 0 Å². The Morgan fingerprint density at radius 1 is 1.24 bits per heavy atom. The van der Waals surface area contributed by atoms with E-state index >= 15 is 0 Å². The fourth-order valence-electron chi connectivity index (χ4n) is 2.92. The van der Waals surface area contributed by atoms with E-state index in [1.807, 2.05) is 25.1 Å². The highest BCUT2D eigenvalue weighted by molar-refractivity contribution is 5.79. The Hall–Kier alpha value is -2.55. The third-order valence-corrected chi connectivity index (χ3v) is 4.22. The summed E-state index contributed by atoms with van der Waals surface area (Å²) < 4.78 is 13.3. The molecule has 5 heteroatoms.